The van der Waals surface area contributed by atoms with E-state index in [0.717, 1.165) is 24.0 Å². The smallest absolute Gasteiger partial charge is 0.155 e. The van der Waals surface area contributed by atoms with Crippen molar-refractivity contribution in [3.8, 4) is 0 Å². The molecule has 0 aromatic carbocycles. The molecule has 1 aromatic heterocycles. The molecule has 14 heavy (non-hydrogen) atoms. The van der Waals surface area contributed by atoms with Gasteiger partial charge in [-0.1, -0.05) is 0 Å². The molecular weight excluding hydrogens is 174 g/mol. The van der Waals surface area contributed by atoms with Crippen LogP contribution in [0.4, 0.5) is 0 Å². The molecule has 0 spiro atoms. The number of aromatic nitrogens is 1. The zero-order valence-electron chi connectivity index (χ0n) is 8.29. The van der Waals surface area contributed by atoms with Crippen LogP contribution in [0.1, 0.15) is 30.4 Å². The molecule has 0 N–H and O–H groups in total. The molecule has 1 aromatic rings. The Morgan fingerprint density at radius 2 is 2.21 bits per heavy atom. The van der Waals surface area contributed by atoms with Gasteiger partial charge in [0.15, 0.2) is 5.78 Å². The lowest BCUT2D eigenvalue weighted by atomic mass is 9.92. The molecule has 0 unspecified atom stereocenters. The Kier molecular flexibility index (Phi) is 2.44. The topological polar surface area (TPSA) is 30.0 Å². The standard InChI is InChI=1S/C12H13NO/c1-9-5-6-13-8-12(9)10-3-2-4-11(14)7-10/h5-8H,2-4H2,1H3. The van der Waals surface area contributed by atoms with E-state index >= 15 is 0 Å². The van der Waals surface area contributed by atoms with Gasteiger partial charge in [-0.25, -0.2) is 0 Å². The van der Waals surface area contributed by atoms with Crippen molar-refractivity contribution in [3.63, 3.8) is 0 Å². The SMILES string of the molecule is Cc1ccncc1C1=CC(=O)CCC1. The van der Waals surface area contributed by atoms with Crippen molar-refractivity contribution in [2.45, 2.75) is 26.2 Å². The van der Waals surface area contributed by atoms with Crippen molar-refractivity contribution in [1.82, 2.24) is 4.98 Å². The Morgan fingerprint density at radius 1 is 1.36 bits per heavy atom. The minimum atomic E-state index is 0.245. The number of hydrogen-bond acceptors (Lipinski definition) is 2. The minimum absolute atomic E-state index is 0.245. The largest absolute Gasteiger partial charge is 0.295 e. The maximum atomic E-state index is 11.3. The van der Waals surface area contributed by atoms with Crippen LogP contribution in [0.5, 0.6) is 0 Å². The molecule has 1 aliphatic carbocycles. The summed E-state index contributed by atoms with van der Waals surface area (Å²) < 4.78 is 0. The first kappa shape index (κ1) is 9.13. The molecule has 1 aliphatic rings. The molecule has 1 heterocycles. The highest BCUT2D eigenvalue weighted by atomic mass is 16.1. The maximum Gasteiger partial charge on any atom is 0.155 e. The van der Waals surface area contributed by atoms with Gasteiger partial charge in [0.2, 0.25) is 0 Å². The van der Waals surface area contributed by atoms with Crippen LogP contribution in [0, 0.1) is 6.92 Å². The summed E-state index contributed by atoms with van der Waals surface area (Å²) >= 11 is 0. The zero-order valence-corrected chi connectivity index (χ0v) is 8.29. The number of allylic oxidation sites excluding steroid dienone is 2. The molecule has 0 saturated carbocycles. The predicted molar refractivity (Wildman–Crippen MR) is 55.8 cm³/mol. The lowest BCUT2D eigenvalue weighted by molar-refractivity contribution is -0.114. The fourth-order valence-electron chi connectivity index (χ4n) is 1.80. The average molecular weight is 187 g/mol. The van der Waals surface area contributed by atoms with Gasteiger partial charge in [0.05, 0.1) is 0 Å². The van der Waals surface area contributed by atoms with E-state index in [1.807, 2.05) is 12.3 Å². The van der Waals surface area contributed by atoms with Crippen LogP contribution < -0.4 is 0 Å². The van der Waals surface area contributed by atoms with Gasteiger partial charge in [0, 0.05) is 18.8 Å². The third-order valence-electron chi connectivity index (χ3n) is 2.59. The number of hydrogen-bond donors (Lipinski definition) is 0. The monoisotopic (exact) mass is 187 g/mol. The predicted octanol–water partition coefficient (Wildman–Crippen LogP) is 2.53. The van der Waals surface area contributed by atoms with Gasteiger partial charge in [-0.15, -0.1) is 0 Å². The van der Waals surface area contributed by atoms with E-state index in [1.54, 1.807) is 12.3 Å². The van der Waals surface area contributed by atoms with Crippen LogP contribution in [0.15, 0.2) is 24.5 Å². The van der Waals surface area contributed by atoms with Crippen molar-refractivity contribution < 1.29 is 4.79 Å². The highest BCUT2D eigenvalue weighted by Crippen LogP contribution is 2.26. The molecule has 2 heteroatoms. The van der Waals surface area contributed by atoms with Gasteiger partial charge in [0.25, 0.3) is 0 Å². The van der Waals surface area contributed by atoms with E-state index in [2.05, 4.69) is 11.9 Å². The molecule has 0 saturated heterocycles. The van der Waals surface area contributed by atoms with E-state index in [9.17, 15) is 4.79 Å². The number of carbonyl (C=O) groups is 1. The van der Waals surface area contributed by atoms with Crippen molar-refractivity contribution in [2.24, 2.45) is 0 Å². The molecule has 0 aliphatic heterocycles. The molecule has 0 atom stereocenters. The first-order valence-electron chi connectivity index (χ1n) is 4.92. The zero-order chi connectivity index (χ0) is 9.97. The fourth-order valence-corrected chi connectivity index (χ4v) is 1.80. The van der Waals surface area contributed by atoms with Crippen LogP contribution in [-0.2, 0) is 4.79 Å². The first-order chi connectivity index (χ1) is 6.77. The number of aryl methyl sites for hydroxylation is 1. The summed E-state index contributed by atoms with van der Waals surface area (Å²) in [5.74, 6) is 0.245. The summed E-state index contributed by atoms with van der Waals surface area (Å²) in [7, 11) is 0. The maximum absolute atomic E-state index is 11.3. The second kappa shape index (κ2) is 3.74. The summed E-state index contributed by atoms with van der Waals surface area (Å²) in [6.07, 6.45) is 8.07. The van der Waals surface area contributed by atoms with Crippen LogP contribution >= 0.6 is 0 Å². The second-order valence-electron chi connectivity index (χ2n) is 3.68. The lowest BCUT2D eigenvalue weighted by Gasteiger charge is -2.13. The Bertz CT molecular complexity index is 393. The molecule has 0 bridgehead atoms. The van der Waals surface area contributed by atoms with E-state index in [-0.39, 0.29) is 5.78 Å². The van der Waals surface area contributed by atoms with Crippen molar-refractivity contribution in [3.05, 3.63) is 35.7 Å². The molecule has 0 fully saturated rings. The fraction of sp³-hybridized carbons (Fsp3) is 0.333. The molecular formula is C12H13NO. The van der Waals surface area contributed by atoms with Crippen molar-refractivity contribution in [1.29, 1.82) is 0 Å². The summed E-state index contributed by atoms with van der Waals surface area (Å²) in [4.78, 5) is 15.4. The van der Waals surface area contributed by atoms with Gasteiger partial charge in [0.1, 0.15) is 0 Å². The number of carbonyl (C=O) groups excluding carboxylic acids is 1. The average Bonchev–Trinajstić information content (AvgIpc) is 2.18. The van der Waals surface area contributed by atoms with E-state index in [0.29, 0.717) is 6.42 Å². The van der Waals surface area contributed by atoms with Crippen molar-refractivity contribution in [2.75, 3.05) is 0 Å². The summed E-state index contributed by atoms with van der Waals surface area (Å²) in [6, 6.07) is 1.98. The Labute approximate surface area is 83.7 Å². The molecule has 2 nitrogen and oxygen atoms in total. The van der Waals surface area contributed by atoms with Gasteiger partial charge in [-0.05, 0) is 48.6 Å². The Morgan fingerprint density at radius 3 is 2.93 bits per heavy atom. The molecule has 0 radical (unpaired) electrons. The number of ketones is 1. The molecule has 0 amide bonds. The summed E-state index contributed by atoms with van der Waals surface area (Å²) in [5.41, 5.74) is 3.47. The minimum Gasteiger partial charge on any atom is -0.295 e. The third-order valence-corrected chi connectivity index (χ3v) is 2.59. The van der Waals surface area contributed by atoms with Crippen LogP contribution in [0.3, 0.4) is 0 Å². The van der Waals surface area contributed by atoms with E-state index < -0.39 is 0 Å². The molecule has 72 valence electrons. The third kappa shape index (κ3) is 1.74. The lowest BCUT2D eigenvalue weighted by Crippen LogP contribution is -2.03. The van der Waals surface area contributed by atoms with Crippen LogP contribution in [0.2, 0.25) is 0 Å². The van der Waals surface area contributed by atoms with E-state index in [4.69, 9.17) is 0 Å². The number of nitrogens with zero attached hydrogens (tertiary/aromatic N) is 1. The van der Waals surface area contributed by atoms with Gasteiger partial charge in [-0.2, -0.15) is 0 Å². The quantitative estimate of drug-likeness (QED) is 0.676. The van der Waals surface area contributed by atoms with Crippen molar-refractivity contribution >= 4 is 11.4 Å². The van der Waals surface area contributed by atoms with Gasteiger partial charge in [-0.3, -0.25) is 9.78 Å². The summed E-state index contributed by atoms with van der Waals surface area (Å²) in [6.45, 7) is 2.05. The second-order valence-corrected chi connectivity index (χ2v) is 3.68. The van der Waals surface area contributed by atoms with Gasteiger partial charge < -0.3 is 0 Å². The van der Waals surface area contributed by atoms with E-state index in [1.165, 1.54) is 5.56 Å². The Hall–Kier alpha value is -1.44. The molecule has 2 rings (SSSR count). The normalized spacial score (nSPS) is 16.6. The van der Waals surface area contributed by atoms with Crippen LogP contribution in [-0.4, -0.2) is 10.8 Å². The highest BCUT2D eigenvalue weighted by Gasteiger charge is 2.12. The highest BCUT2D eigenvalue weighted by molar-refractivity contribution is 5.98. The summed E-state index contributed by atoms with van der Waals surface area (Å²) in [5, 5.41) is 0. The number of pyridine rings is 1. The Balaban J connectivity index is 2.40. The van der Waals surface area contributed by atoms with Gasteiger partial charge >= 0.3 is 0 Å². The van der Waals surface area contributed by atoms with Crippen LogP contribution in [0.25, 0.3) is 5.57 Å². The first-order valence-corrected chi connectivity index (χ1v) is 4.92. The number of rotatable bonds is 1.